The van der Waals surface area contributed by atoms with Gasteiger partial charge >= 0.3 is 0 Å². The smallest absolute Gasteiger partial charge is 0.0452 e. The van der Waals surface area contributed by atoms with Crippen LogP contribution in [0.4, 0.5) is 0 Å². The van der Waals surface area contributed by atoms with Crippen LogP contribution in [0.25, 0.3) is 0 Å². The molecule has 3 aromatic rings. The second-order valence-electron chi connectivity index (χ2n) is 6.04. The van der Waals surface area contributed by atoms with Gasteiger partial charge in [-0.2, -0.15) is 0 Å². The summed E-state index contributed by atoms with van der Waals surface area (Å²) in [5.41, 5.74) is 9.38. The standard InChI is InChI=1S/C22H22ClN/c23-21-14-7-13-20(17-21)22(15-8-16-24,18-9-3-1-4-10-18)19-11-5-2-6-12-19/h1-7,9-14,17H,8,15-16,24H2. The van der Waals surface area contributed by atoms with E-state index in [-0.39, 0.29) is 5.41 Å². The summed E-state index contributed by atoms with van der Waals surface area (Å²) in [5, 5.41) is 0.761. The van der Waals surface area contributed by atoms with Crippen molar-refractivity contribution in [2.24, 2.45) is 5.73 Å². The Morgan fingerprint density at radius 2 is 1.25 bits per heavy atom. The molecule has 3 aromatic carbocycles. The van der Waals surface area contributed by atoms with E-state index in [1.54, 1.807) is 0 Å². The first-order valence-electron chi connectivity index (χ1n) is 8.34. The molecule has 0 radical (unpaired) electrons. The molecular formula is C22H22ClN. The van der Waals surface area contributed by atoms with Gasteiger partial charge in [0.15, 0.2) is 0 Å². The maximum Gasteiger partial charge on any atom is 0.0452 e. The lowest BCUT2D eigenvalue weighted by Gasteiger charge is -2.36. The summed E-state index contributed by atoms with van der Waals surface area (Å²) in [4.78, 5) is 0. The molecule has 0 fully saturated rings. The topological polar surface area (TPSA) is 26.0 Å². The molecule has 0 spiro atoms. The van der Waals surface area contributed by atoms with Crippen LogP contribution in [0.1, 0.15) is 29.5 Å². The Kier molecular flexibility index (Phi) is 5.34. The van der Waals surface area contributed by atoms with Crippen molar-refractivity contribution in [3.05, 3.63) is 107 Å². The molecule has 2 heteroatoms. The number of nitrogens with two attached hydrogens (primary N) is 1. The van der Waals surface area contributed by atoms with E-state index in [1.165, 1.54) is 16.7 Å². The Morgan fingerprint density at radius 1 is 0.708 bits per heavy atom. The van der Waals surface area contributed by atoms with Crippen molar-refractivity contribution in [1.82, 2.24) is 0 Å². The highest BCUT2D eigenvalue weighted by atomic mass is 35.5. The molecule has 122 valence electrons. The van der Waals surface area contributed by atoms with Crippen LogP contribution >= 0.6 is 11.6 Å². The van der Waals surface area contributed by atoms with Gasteiger partial charge in [0.2, 0.25) is 0 Å². The van der Waals surface area contributed by atoms with Crippen LogP contribution in [0, 0.1) is 0 Å². The Bertz CT molecular complexity index is 729. The quantitative estimate of drug-likeness (QED) is 0.598. The van der Waals surface area contributed by atoms with Crippen molar-refractivity contribution in [1.29, 1.82) is 0 Å². The number of hydrogen-bond donors (Lipinski definition) is 1. The number of halogens is 1. The summed E-state index contributed by atoms with van der Waals surface area (Å²) in [6.45, 7) is 0.669. The lowest BCUT2D eigenvalue weighted by Crippen LogP contribution is -2.30. The first kappa shape index (κ1) is 16.8. The van der Waals surface area contributed by atoms with Crippen LogP contribution < -0.4 is 5.73 Å². The van der Waals surface area contributed by atoms with Crippen LogP contribution in [0.5, 0.6) is 0 Å². The Labute approximate surface area is 149 Å². The first-order chi connectivity index (χ1) is 11.8. The van der Waals surface area contributed by atoms with Gasteiger partial charge in [-0.25, -0.2) is 0 Å². The second kappa shape index (κ2) is 7.65. The lowest BCUT2D eigenvalue weighted by atomic mass is 9.67. The van der Waals surface area contributed by atoms with Crippen molar-refractivity contribution in [3.8, 4) is 0 Å². The van der Waals surface area contributed by atoms with E-state index in [2.05, 4.69) is 72.8 Å². The summed E-state index contributed by atoms with van der Waals surface area (Å²) in [6, 6.07) is 29.5. The average Bonchev–Trinajstić information content (AvgIpc) is 2.64. The van der Waals surface area contributed by atoms with Gasteiger partial charge < -0.3 is 5.73 Å². The molecule has 0 saturated carbocycles. The van der Waals surface area contributed by atoms with Crippen LogP contribution in [-0.4, -0.2) is 6.54 Å². The molecule has 0 aliphatic carbocycles. The number of hydrogen-bond acceptors (Lipinski definition) is 1. The zero-order valence-electron chi connectivity index (χ0n) is 13.7. The molecular weight excluding hydrogens is 314 g/mol. The molecule has 2 N–H and O–H groups in total. The fourth-order valence-electron chi connectivity index (χ4n) is 3.50. The lowest BCUT2D eigenvalue weighted by molar-refractivity contribution is 0.537. The van der Waals surface area contributed by atoms with Gasteiger partial charge in [0.05, 0.1) is 0 Å². The van der Waals surface area contributed by atoms with Crippen LogP contribution in [0.3, 0.4) is 0 Å². The van der Waals surface area contributed by atoms with Crippen molar-refractivity contribution >= 4 is 11.6 Å². The maximum absolute atomic E-state index is 6.34. The minimum atomic E-state index is -0.243. The van der Waals surface area contributed by atoms with Crippen molar-refractivity contribution in [2.75, 3.05) is 6.54 Å². The van der Waals surface area contributed by atoms with E-state index in [4.69, 9.17) is 17.3 Å². The Morgan fingerprint density at radius 3 is 1.75 bits per heavy atom. The predicted molar refractivity (Wildman–Crippen MR) is 103 cm³/mol. The molecule has 24 heavy (non-hydrogen) atoms. The summed E-state index contributed by atoms with van der Waals surface area (Å²) in [7, 11) is 0. The molecule has 1 nitrogen and oxygen atoms in total. The van der Waals surface area contributed by atoms with E-state index < -0.39 is 0 Å². The van der Waals surface area contributed by atoms with Gasteiger partial charge in [-0.3, -0.25) is 0 Å². The van der Waals surface area contributed by atoms with E-state index in [0.717, 1.165) is 17.9 Å². The zero-order valence-corrected chi connectivity index (χ0v) is 14.4. The Hall–Kier alpha value is -2.09. The van der Waals surface area contributed by atoms with E-state index in [1.807, 2.05) is 12.1 Å². The summed E-state index contributed by atoms with van der Waals surface area (Å²) in [5.74, 6) is 0. The van der Waals surface area contributed by atoms with Crippen LogP contribution in [-0.2, 0) is 5.41 Å². The summed E-state index contributed by atoms with van der Waals surface area (Å²) in [6.07, 6.45) is 1.88. The van der Waals surface area contributed by atoms with Crippen molar-refractivity contribution in [3.63, 3.8) is 0 Å². The first-order valence-corrected chi connectivity index (χ1v) is 8.72. The molecule has 0 aromatic heterocycles. The van der Waals surface area contributed by atoms with Crippen molar-refractivity contribution < 1.29 is 0 Å². The Balaban J connectivity index is 2.28. The molecule has 0 aliphatic heterocycles. The third kappa shape index (κ3) is 3.24. The second-order valence-corrected chi connectivity index (χ2v) is 6.48. The zero-order chi connectivity index (χ0) is 16.8. The molecule has 0 atom stereocenters. The molecule has 0 saturated heterocycles. The van der Waals surface area contributed by atoms with Gasteiger partial charge in [-0.05, 0) is 48.2 Å². The SMILES string of the molecule is NCCCC(c1ccccc1)(c1ccccc1)c1cccc(Cl)c1. The largest absolute Gasteiger partial charge is 0.330 e. The summed E-state index contributed by atoms with van der Waals surface area (Å²) >= 11 is 6.34. The van der Waals surface area contributed by atoms with E-state index in [9.17, 15) is 0 Å². The third-order valence-corrected chi connectivity index (χ3v) is 4.84. The van der Waals surface area contributed by atoms with E-state index >= 15 is 0 Å². The highest BCUT2D eigenvalue weighted by Gasteiger charge is 2.35. The van der Waals surface area contributed by atoms with E-state index in [0.29, 0.717) is 6.54 Å². The maximum atomic E-state index is 6.34. The van der Waals surface area contributed by atoms with Gasteiger partial charge in [-0.15, -0.1) is 0 Å². The molecule has 0 amide bonds. The number of benzene rings is 3. The predicted octanol–water partition coefficient (Wildman–Crippen LogP) is 5.41. The highest BCUT2D eigenvalue weighted by Crippen LogP contribution is 2.43. The van der Waals surface area contributed by atoms with Gasteiger partial charge in [-0.1, -0.05) is 84.4 Å². The monoisotopic (exact) mass is 335 g/mol. The minimum Gasteiger partial charge on any atom is -0.330 e. The average molecular weight is 336 g/mol. The van der Waals surface area contributed by atoms with Crippen LogP contribution in [0.15, 0.2) is 84.9 Å². The molecule has 0 heterocycles. The number of rotatable bonds is 6. The van der Waals surface area contributed by atoms with Crippen molar-refractivity contribution in [2.45, 2.75) is 18.3 Å². The van der Waals surface area contributed by atoms with Gasteiger partial charge in [0, 0.05) is 10.4 Å². The fraction of sp³-hybridized carbons (Fsp3) is 0.182. The fourth-order valence-corrected chi connectivity index (χ4v) is 3.69. The van der Waals surface area contributed by atoms with Crippen LogP contribution in [0.2, 0.25) is 5.02 Å². The molecule has 0 unspecified atom stereocenters. The molecule has 0 aliphatic rings. The normalized spacial score (nSPS) is 11.4. The molecule has 3 rings (SSSR count). The molecule has 0 bridgehead atoms. The summed E-state index contributed by atoms with van der Waals surface area (Å²) < 4.78 is 0. The van der Waals surface area contributed by atoms with Gasteiger partial charge in [0.25, 0.3) is 0 Å². The third-order valence-electron chi connectivity index (χ3n) is 4.61. The minimum absolute atomic E-state index is 0.243. The highest BCUT2D eigenvalue weighted by molar-refractivity contribution is 6.30. The van der Waals surface area contributed by atoms with Gasteiger partial charge in [0.1, 0.15) is 0 Å².